The van der Waals surface area contributed by atoms with Crippen LogP contribution in [0, 0.1) is 0 Å². The zero-order valence-electron chi connectivity index (χ0n) is 9.45. The molecule has 2 aromatic heterocycles. The minimum atomic E-state index is -4.33. The largest absolute Gasteiger partial charge is 0.416 e. The Morgan fingerprint density at radius 1 is 1.21 bits per heavy atom. The third kappa shape index (κ3) is 2.06. The number of nitrogen functional groups attached to an aromatic ring is 1. The zero-order chi connectivity index (χ0) is 13.6. The van der Waals surface area contributed by atoms with Crippen LogP contribution >= 0.6 is 11.3 Å². The van der Waals surface area contributed by atoms with E-state index >= 15 is 0 Å². The summed E-state index contributed by atoms with van der Waals surface area (Å²) in [5.41, 5.74) is 6.19. The summed E-state index contributed by atoms with van der Waals surface area (Å²) in [5, 5.41) is 7.29. The lowest BCUT2D eigenvalue weighted by Crippen LogP contribution is -2.03. The first kappa shape index (κ1) is 12.0. The molecule has 7 heteroatoms. The molecular weight excluding hydrogens is 275 g/mol. The highest BCUT2D eigenvalue weighted by Crippen LogP contribution is 2.38. The number of anilines is 1. The van der Waals surface area contributed by atoms with Gasteiger partial charge >= 0.3 is 6.18 Å². The lowest BCUT2D eigenvalue weighted by molar-refractivity contribution is -0.137. The van der Waals surface area contributed by atoms with Crippen LogP contribution in [0.15, 0.2) is 30.5 Å². The first-order chi connectivity index (χ1) is 8.95. The van der Waals surface area contributed by atoms with Crippen molar-refractivity contribution >= 4 is 27.1 Å². The van der Waals surface area contributed by atoms with Crippen LogP contribution in [0.4, 0.5) is 18.9 Å². The molecule has 0 bridgehead atoms. The number of hydrogen-bond acceptors (Lipinski definition) is 3. The summed E-state index contributed by atoms with van der Waals surface area (Å²) >= 11 is 1.25. The quantitative estimate of drug-likeness (QED) is 0.711. The average Bonchev–Trinajstić information content (AvgIpc) is 2.91. The molecule has 0 aliphatic rings. The lowest BCUT2D eigenvalue weighted by atomic mass is 10.1. The van der Waals surface area contributed by atoms with Crippen LogP contribution in [-0.4, -0.2) is 10.2 Å². The molecule has 0 saturated carbocycles. The summed E-state index contributed by atoms with van der Waals surface area (Å²) in [4.78, 5) is 0.768. The van der Waals surface area contributed by atoms with Crippen molar-refractivity contribution in [3.63, 3.8) is 0 Å². The summed E-state index contributed by atoms with van der Waals surface area (Å²) in [6.07, 6.45) is -2.85. The molecule has 3 rings (SSSR count). The Morgan fingerprint density at radius 3 is 2.63 bits per heavy atom. The maximum Gasteiger partial charge on any atom is 0.416 e. The van der Waals surface area contributed by atoms with Crippen LogP contribution in [0.2, 0.25) is 0 Å². The molecule has 3 N–H and O–H groups in total. The molecular formula is C12H8F3N3S. The molecule has 1 aromatic carbocycles. The van der Waals surface area contributed by atoms with Crippen molar-refractivity contribution in [3.8, 4) is 10.6 Å². The number of aromatic nitrogens is 2. The molecule has 19 heavy (non-hydrogen) atoms. The number of benzene rings is 1. The van der Waals surface area contributed by atoms with Crippen molar-refractivity contribution in [2.75, 3.05) is 5.73 Å². The number of nitrogens with two attached hydrogens (primary N) is 1. The predicted octanol–water partition coefficient (Wildman–Crippen LogP) is 3.89. The number of nitrogens with zero attached hydrogens (tertiary/aromatic N) is 1. The Labute approximate surface area is 109 Å². The minimum absolute atomic E-state index is 0.475. The normalized spacial score (nSPS) is 12.2. The van der Waals surface area contributed by atoms with E-state index in [2.05, 4.69) is 10.2 Å². The fraction of sp³-hybridized carbons (Fsp3) is 0.0833. The van der Waals surface area contributed by atoms with Crippen LogP contribution in [0.3, 0.4) is 0 Å². The van der Waals surface area contributed by atoms with E-state index in [9.17, 15) is 13.2 Å². The van der Waals surface area contributed by atoms with Crippen molar-refractivity contribution in [2.24, 2.45) is 0 Å². The van der Waals surface area contributed by atoms with Crippen molar-refractivity contribution in [2.45, 2.75) is 6.18 Å². The van der Waals surface area contributed by atoms with Crippen molar-refractivity contribution in [1.82, 2.24) is 10.2 Å². The highest BCUT2D eigenvalue weighted by Gasteiger charge is 2.30. The first-order valence-corrected chi connectivity index (χ1v) is 6.17. The van der Waals surface area contributed by atoms with Gasteiger partial charge in [-0.2, -0.15) is 18.3 Å². The van der Waals surface area contributed by atoms with Crippen LogP contribution < -0.4 is 5.73 Å². The van der Waals surface area contributed by atoms with Gasteiger partial charge < -0.3 is 5.73 Å². The lowest BCUT2D eigenvalue weighted by Gasteiger charge is -2.05. The van der Waals surface area contributed by atoms with E-state index in [1.807, 2.05) is 0 Å². The second-order valence-electron chi connectivity index (χ2n) is 4.06. The number of fused-ring (bicyclic) bond motifs is 1. The molecule has 3 nitrogen and oxygen atoms in total. The van der Waals surface area contributed by atoms with Gasteiger partial charge in [0.05, 0.1) is 28.0 Å². The van der Waals surface area contributed by atoms with Gasteiger partial charge in [0.15, 0.2) is 0 Å². The van der Waals surface area contributed by atoms with Gasteiger partial charge in [0, 0.05) is 4.70 Å². The number of nitrogens with one attached hydrogen (secondary N) is 1. The Balaban J connectivity index is 2.14. The highest BCUT2D eigenvalue weighted by molar-refractivity contribution is 7.22. The maximum absolute atomic E-state index is 12.6. The summed E-state index contributed by atoms with van der Waals surface area (Å²) in [6.45, 7) is 0. The molecule has 0 unspecified atom stereocenters. The van der Waals surface area contributed by atoms with Crippen LogP contribution in [0.5, 0.6) is 0 Å². The smallest absolute Gasteiger partial charge is 0.396 e. The molecule has 98 valence electrons. The zero-order valence-corrected chi connectivity index (χ0v) is 10.3. The fourth-order valence-electron chi connectivity index (χ4n) is 1.82. The van der Waals surface area contributed by atoms with Crippen LogP contribution in [0.1, 0.15) is 5.56 Å². The van der Waals surface area contributed by atoms with Crippen LogP contribution in [-0.2, 0) is 6.18 Å². The summed E-state index contributed by atoms with van der Waals surface area (Å²) < 4.78 is 38.5. The minimum Gasteiger partial charge on any atom is -0.396 e. The average molecular weight is 283 g/mol. The number of alkyl halides is 3. The second-order valence-corrected chi connectivity index (χ2v) is 5.15. The molecule has 2 heterocycles. The van der Waals surface area contributed by atoms with Gasteiger partial charge in [-0.3, -0.25) is 5.10 Å². The van der Waals surface area contributed by atoms with Gasteiger partial charge in [-0.15, -0.1) is 11.3 Å². The van der Waals surface area contributed by atoms with E-state index in [0.29, 0.717) is 16.1 Å². The Bertz CT molecular complexity index is 742. The van der Waals surface area contributed by atoms with Gasteiger partial charge in [-0.25, -0.2) is 0 Å². The van der Waals surface area contributed by atoms with Gasteiger partial charge in [0.2, 0.25) is 0 Å². The molecule has 0 amide bonds. The molecule has 0 atom stereocenters. The summed E-state index contributed by atoms with van der Waals surface area (Å²) in [6, 6.07) is 5.49. The number of halogens is 3. The predicted molar refractivity (Wildman–Crippen MR) is 68.8 cm³/mol. The monoisotopic (exact) mass is 283 g/mol. The molecule has 0 radical (unpaired) electrons. The van der Waals surface area contributed by atoms with E-state index < -0.39 is 11.7 Å². The Hall–Kier alpha value is -2.02. The summed E-state index contributed by atoms with van der Waals surface area (Å²) in [7, 11) is 0. The van der Waals surface area contributed by atoms with Gasteiger partial charge in [0.25, 0.3) is 0 Å². The fourth-order valence-corrected chi connectivity index (χ4v) is 2.94. The number of thiophene rings is 1. The van der Waals surface area contributed by atoms with E-state index in [1.165, 1.54) is 23.6 Å². The molecule has 0 aliphatic heterocycles. The second kappa shape index (κ2) is 3.99. The first-order valence-electron chi connectivity index (χ1n) is 5.35. The van der Waals surface area contributed by atoms with E-state index in [0.717, 1.165) is 22.4 Å². The molecule has 0 fully saturated rings. The van der Waals surface area contributed by atoms with Crippen molar-refractivity contribution in [1.29, 1.82) is 0 Å². The van der Waals surface area contributed by atoms with E-state index in [1.54, 1.807) is 6.07 Å². The van der Waals surface area contributed by atoms with Crippen molar-refractivity contribution < 1.29 is 13.2 Å². The van der Waals surface area contributed by atoms with Gasteiger partial charge in [-0.05, 0) is 23.6 Å². The Kier molecular flexibility index (Phi) is 2.53. The van der Waals surface area contributed by atoms with Gasteiger partial charge in [-0.1, -0.05) is 6.07 Å². The number of rotatable bonds is 1. The molecule has 3 aromatic rings. The summed E-state index contributed by atoms with van der Waals surface area (Å²) in [5.74, 6) is 0. The maximum atomic E-state index is 12.6. The third-order valence-corrected chi connectivity index (χ3v) is 3.88. The number of hydrogen-bond donors (Lipinski definition) is 2. The van der Waals surface area contributed by atoms with Crippen molar-refractivity contribution in [3.05, 3.63) is 36.0 Å². The highest BCUT2D eigenvalue weighted by atomic mass is 32.1. The van der Waals surface area contributed by atoms with E-state index in [-0.39, 0.29) is 0 Å². The number of aromatic amines is 1. The van der Waals surface area contributed by atoms with Gasteiger partial charge in [0.1, 0.15) is 0 Å². The third-order valence-electron chi connectivity index (χ3n) is 2.76. The molecule has 0 aliphatic carbocycles. The van der Waals surface area contributed by atoms with Crippen LogP contribution in [0.25, 0.3) is 20.7 Å². The Morgan fingerprint density at radius 2 is 2.00 bits per heavy atom. The molecule has 0 saturated heterocycles. The standard InChI is InChI=1S/C12H8F3N3S/c13-12(14,15)7-2-1-6-3-10(19-9(6)4-7)11-8(16)5-17-18-11/h1-5H,16H2,(H,17,18). The topological polar surface area (TPSA) is 54.7 Å². The van der Waals surface area contributed by atoms with E-state index in [4.69, 9.17) is 5.73 Å². The SMILES string of the molecule is Nc1cn[nH]c1-c1cc2ccc(C(F)(F)F)cc2s1. The molecule has 0 spiro atoms. The number of H-pyrrole nitrogens is 1.